The van der Waals surface area contributed by atoms with Crippen LogP contribution >= 0.6 is 24.0 Å². The van der Waals surface area contributed by atoms with Crippen LogP contribution in [0, 0.1) is 6.92 Å². The monoisotopic (exact) mass is 384 g/mol. The van der Waals surface area contributed by atoms with Gasteiger partial charge >= 0.3 is 0 Å². The van der Waals surface area contributed by atoms with Gasteiger partial charge in [0.15, 0.2) is 4.32 Å². The van der Waals surface area contributed by atoms with Crippen LogP contribution in [0.4, 0.5) is 0 Å². The molecule has 0 radical (unpaired) electrons. The molecular weight excluding hydrogens is 368 g/mol. The van der Waals surface area contributed by atoms with Crippen LogP contribution in [0.5, 0.6) is 5.75 Å². The highest BCUT2D eigenvalue weighted by Crippen LogP contribution is 2.31. The summed E-state index contributed by atoms with van der Waals surface area (Å²) in [6.45, 7) is 1.94. The Labute approximate surface area is 161 Å². The first-order valence-electron chi connectivity index (χ1n) is 7.77. The van der Waals surface area contributed by atoms with Crippen molar-refractivity contribution in [2.75, 3.05) is 7.11 Å². The standard InChI is InChI=1S/C19H16N2O3S2/c1-12-3-7-14(8-4-12)17(22)20-21-18(23)16(26-19(21)25)11-13-5-9-15(24-2)10-6-13/h3-11H,1-2H3,(H,20,22). The van der Waals surface area contributed by atoms with Crippen molar-refractivity contribution >= 4 is 46.2 Å². The highest BCUT2D eigenvalue weighted by Gasteiger charge is 2.33. The molecule has 0 bridgehead atoms. The molecule has 0 spiro atoms. The normalized spacial score (nSPS) is 15.5. The quantitative estimate of drug-likeness (QED) is 0.645. The summed E-state index contributed by atoms with van der Waals surface area (Å²) in [6, 6.07) is 14.4. The van der Waals surface area contributed by atoms with Crippen molar-refractivity contribution in [1.82, 2.24) is 10.4 Å². The third kappa shape index (κ3) is 3.95. The first-order valence-corrected chi connectivity index (χ1v) is 9.00. The number of hydrazine groups is 1. The van der Waals surface area contributed by atoms with E-state index in [9.17, 15) is 9.59 Å². The fourth-order valence-corrected chi connectivity index (χ4v) is 3.47. The number of benzene rings is 2. The van der Waals surface area contributed by atoms with Crippen LogP contribution < -0.4 is 10.2 Å². The lowest BCUT2D eigenvalue weighted by molar-refractivity contribution is -0.123. The Morgan fingerprint density at radius 2 is 1.81 bits per heavy atom. The van der Waals surface area contributed by atoms with Gasteiger partial charge in [-0.25, -0.2) is 0 Å². The van der Waals surface area contributed by atoms with Crippen molar-refractivity contribution in [1.29, 1.82) is 0 Å². The minimum Gasteiger partial charge on any atom is -0.497 e. The second kappa shape index (κ2) is 7.72. The van der Waals surface area contributed by atoms with Crippen LogP contribution in [0.3, 0.4) is 0 Å². The molecule has 0 atom stereocenters. The molecule has 0 aromatic heterocycles. The molecule has 0 aliphatic carbocycles. The number of thiocarbonyl (C=S) groups is 1. The van der Waals surface area contributed by atoms with Gasteiger partial charge in [-0.3, -0.25) is 15.0 Å². The van der Waals surface area contributed by atoms with E-state index in [1.165, 1.54) is 0 Å². The average Bonchev–Trinajstić information content (AvgIpc) is 2.90. The molecule has 1 aliphatic rings. The first kappa shape index (κ1) is 18.2. The number of hydrogen-bond acceptors (Lipinski definition) is 5. The fourth-order valence-electron chi connectivity index (χ4n) is 2.29. The van der Waals surface area contributed by atoms with E-state index in [1.807, 2.05) is 43.3 Å². The highest BCUT2D eigenvalue weighted by molar-refractivity contribution is 8.26. The summed E-state index contributed by atoms with van der Waals surface area (Å²) in [5.41, 5.74) is 4.93. The van der Waals surface area contributed by atoms with Gasteiger partial charge in [0, 0.05) is 5.56 Å². The van der Waals surface area contributed by atoms with E-state index in [0.717, 1.165) is 33.6 Å². The molecule has 2 aromatic carbocycles. The van der Waals surface area contributed by atoms with Gasteiger partial charge in [-0.1, -0.05) is 41.6 Å². The third-order valence-electron chi connectivity index (χ3n) is 3.73. The zero-order chi connectivity index (χ0) is 18.7. The van der Waals surface area contributed by atoms with E-state index in [-0.39, 0.29) is 16.1 Å². The maximum atomic E-state index is 12.6. The Morgan fingerprint density at radius 1 is 1.15 bits per heavy atom. The molecule has 3 rings (SSSR count). The number of amides is 2. The summed E-state index contributed by atoms with van der Waals surface area (Å²) in [7, 11) is 1.59. The van der Waals surface area contributed by atoms with E-state index in [2.05, 4.69) is 5.43 Å². The van der Waals surface area contributed by atoms with Gasteiger partial charge in [0.1, 0.15) is 5.75 Å². The van der Waals surface area contributed by atoms with Gasteiger partial charge in [0.2, 0.25) is 0 Å². The van der Waals surface area contributed by atoms with Gasteiger partial charge in [0.05, 0.1) is 12.0 Å². The summed E-state index contributed by atoms with van der Waals surface area (Å²) in [5.74, 6) is 0.00309. The van der Waals surface area contributed by atoms with Crippen LogP contribution in [0.25, 0.3) is 6.08 Å². The number of nitrogens with one attached hydrogen (secondary N) is 1. The van der Waals surface area contributed by atoms with E-state index in [4.69, 9.17) is 17.0 Å². The van der Waals surface area contributed by atoms with Crippen molar-refractivity contribution in [3.8, 4) is 5.75 Å². The summed E-state index contributed by atoms with van der Waals surface area (Å²) >= 11 is 6.38. The minimum absolute atomic E-state index is 0.287. The van der Waals surface area contributed by atoms with Crippen LogP contribution in [-0.4, -0.2) is 28.3 Å². The molecular formula is C19H16N2O3S2. The van der Waals surface area contributed by atoms with Gasteiger partial charge < -0.3 is 4.74 Å². The molecule has 1 heterocycles. The number of carbonyl (C=O) groups excluding carboxylic acids is 2. The Bertz CT molecular complexity index is 890. The fraction of sp³-hybridized carbons (Fsp3) is 0.105. The Kier molecular flexibility index (Phi) is 5.39. The molecule has 5 nitrogen and oxygen atoms in total. The number of hydrogen-bond donors (Lipinski definition) is 1. The van der Waals surface area contributed by atoms with E-state index < -0.39 is 0 Å². The number of aryl methyl sites for hydroxylation is 1. The molecule has 1 fully saturated rings. The molecule has 132 valence electrons. The summed E-state index contributed by atoms with van der Waals surface area (Å²) < 4.78 is 5.41. The van der Waals surface area contributed by atoms with E-state index in [0.29, 0.717) is 10.5 Å². The SMILES string of the molecule is COc1ccc(C=C2SC(=S)N(NC(=O)c3ccc(C)cc3)C2=O)cc1. The molecule has 2 amide bonds. The lowest BCUT2D eigenvalue weighted by Crippen LogP contribution is -2.44. The van der Waals surface area contributed by atoms with Crippen molar-refractivity contribution in [2.24, 2.45) is 0 Å². The Morgan fingerprint density at radius 3 is 2.42 bits per heavy atom. The topological polar surface area (TPSA) is 58.6 Å². The Hall–Kier alpha value is -2.64. The molecule has 0 saturated carbocycles. The van der Waals surface area contributed by atoms with Crippen LogP contribution in [0.2, 0.25) is 0 Å². The number of nitrogens with zero attached hydrogens (tertiary/aromatic N) is 1. The van der Waals surface area contributed by atoms with Gasteiger partial charge in [-0.2, -0.15) is 5.01 Å². The molecule has 1 N–H and O–H groups in total. The summed E-state index contributed by atoms with van der Waals surface area (Å²) in [5, 5.41) is 1.11. The molecule has 0 unspecified atom stereocenters. The number of thioether (sulfide) groups is 1. The van der Waals surface area contributed by atoms with E-state index >= 15 is 0 Å². The average molecular weight is 384 g/mol. The lowest BCUT2D eigenvalue weighted by atomic mass is 10.1. The third-order valence-corrected chi connectivity index (χ3v) is 5.04. The van der Waals surface area contributed by atoms with Crippen molar-refractivity contribution < 1.29 is 14.3 Å². The zero-order valence-corrected chi connectivity index (χ0v) is 15.8. The van der Waals surface area contributed by atoms with Crippen molar-refractivity contribution in [3.63, 3.8) is 0 Å². The highest BCUT2D eigenvalue weighted by atomic mass is 32.2. The predicted molar refractivity (Wildman–Crippen MR) is 107 cm³/mol. The molecule has 26 heavy (non-hydrogen) atoms. The predicted octanol–water partition coefficient (Wildman–Crippen LogP) is 3.55. The van der Waals surface area contributed by atoms with Crippen LogP contribution in [-0.2, 0) is 4.79 Å². The molecule has 2 aromatic rings. The second-order valence-corrected chi connectivity index (χ2v) is 7.27. The largest absolute Gasteiger partial charge is 0.497 e. The summed E-state index contributed by atoms with van der Waals surface area (Å²) in [4.78, 5) is 25.4. The molecule has 7 heteroatoms. The smallest absolute Gasteiger partial charge is 0.285 e. The molecule has 1 saturated heterocycles. The first-order chi connectivity index (χ1) is 12.5. The van der Waals surface area contributed by atoms with Crippen molar-refractivity contribution in [2.45, 2.75) is 6.92 Å². The van der Waals surface area contributed by atoms with Gasteiger partial charge in [-0.15, -0.1) is 0 Å². The maximum Gasteiger partial charge on any atom is 0.285 e. The van der Waals surface area contributed by atoms with Gasteiger partial charge in [-0.05, 0) is 55.0 Å². The lowest BCUT2D eigenvalue weighted by Gasteiger charge is -2.15. The number of ether oxygens (including phenoxy) is 1. The van der Waals surface area contributed by atoms with Gasteiger partial charge in [0.25, 0.3) is 11.8 Å². The number of rotatable bonds is 4. The minimum atomic E-state index is -0.382. The molecule has 1 aliphatic heterocycles. The van der Waals surface area contributed by atoms with E-state index in [1.54, 1.807) is 25.3 Å². The van der Waals surface area contributed by atoms with Crippen LogP contribution in [0.15, 0.2) is 53.4 Å². The van der Waals surface area contributed by atoms with Crippen LogP contribution in [0.1, 0.15) is 21.5 Å². The number of methoxy groups -OCH3 is 1. The zero-order valence-electron chi connectivity index (χ0n) is 14.2. The summed E-state index contributed by atoms with van der Waals surface area (Å²) in [6.07, 6.45) is 1.73. The maximum absolute atomic E-state index is 12.6. The Balaban J connectivity index is 1.74. The van der Waals surface area contributed by atoms with Crippen molar-refractivity contribution in [3.05, 3.63) is 70.1 Å². The number of carbonyl (C=O) groups is 2. The second-order valence-electron chi connectivity index (χ2n) is 5.60.